The molecule has 106 valence electrons. The lowest BCUT2D eigenvalue weighted by atomic mass is 10.1. The van der Waals surface area contributed by atoms with E-state index in [1.807, 2.05) is 0 Å². The minimum absolute atomic E-state index is 0.0125. The highest BCUT2D eigenvalue weighted by atomic mass is 32.2. The lowest BCUT2D eigenvalue weighted by molar-refractivity contribution is 0.372. The van der Waals surface area contributed by atoms with Crippen molar-refractivity contribution in [2.75, 3.05) is 18.6 Å². The maximum absolute atomic E-state index is 11.5. The van der Waals surface area contributed by atoms with Gasteiger partial charge in [0.15, 0.2) is 21.3 Å². The zero-order valence-electron chi connectivity index (χ0n) is 10.9. The Kier molecular flexibility index (Phi) is 4.31. The molecule has 1 unspecified atom stereocenters. The smallest absolute Gasteiger partial charge is 0.160 e. The first-order chi connectivity index (χ1) is 9.00. The number of ether oxygens (including phenoxy) is 1. The molecule has 19 heavy (non-hydrogen) atoms. The fourth-order valence-corrected chi connectivity index (χ4v) is 3.95. The van der Waals surface area contributed by atoms with Crippen LogP contribution >= 0.6 is 0 Å². The van der Waals surface area contributed by atoms with Crippen LogP contribution in [-0.4, -0.2) is 38.2 Å². The molecule has 1 aromatic rings. The summed E-state index contributed by atoms with van der Waals surface area (Å²) in [6.45, 7) is 0.566. The van der Waals surface area contributed by atoms with Gasteiger partial charge in [0, 0.05) is 12.6 Å². The van der Waals surface area contributed by atoms with Gasteiger partial charge in [-0.25, -0.2) is 8.42 Å². The van der Waals surface area contributed by atoms with Crippen LogP contribution in [0.15, 0.2) is 18.2 Å². The molecule has 0 aliphatic carbocycles. The fraction of sp³-hybridized carbons (Fsp3) is 0.538. The minimum atomic E-state index is -2.88. The van der Waals surface area contributed by atoms with Crippen LogP contribution in [0.3, 0.4) is 0 Å². The molecule has 0 aromatic heterocycles. The van der Waals surface area contributed by atoms with Crippen molar-refractivity contribution in [3.05, 3.63) is 23.8 Å². The van der Waals surface area contributed by atoms with Crippen LogP contribution in [0.1, 0.15) is 18.4 Å². The topological polar surface area (TPSA) is 75.6 Å². The highest BCUT2D eigenvalue weighted by molar-refractivity contribution is 7.91. The summed E-state index contributed by atoms with van der Waals surface area (Å²) in [4.78, 5) is 0. The Hall–Kier alpha value is -1.27. The van der Waals surface area contributed by atoms with E-state index in [-0.39, 0.29) is 17.5 Å². The third kappa shape index (κ3) is 3.84. The van der Waals surface area contributed by atoms with E-state index in [9.17, 15) is 13.5 Å². The minimum Gasteiger partial charge on any atom is -0.504 e. The van der Waals surface area contributed by atoms with Crippen LogP contribution in [0.2, 0.25) is 0 Å². The zero-order chi connectivity index (χ0) is 13.9. The molecule has 1 aromatic carbocycles. The van der Waals surface area contributed by atoms with E-state index in [0.717, 1.165) is 18.4 Å². The van der Waals surface area contributed by atoms with Gasteiger partial charge in [-0.15, -0.1) is 0 Å². The summed E-state index contributed by atoms with van der Waals surface area (Å²) in [6, 6.07) is 5.13. The summed E-state index contributed by atoms with van der Waals surface area (Å²) < 4.78 is 28.1. The second-order valence-corrected chi connectivity index (χ2v) is 7.07. The van der Waals surface area contributed by atoms with Crippen molar-refractivity contribution < 1.29 is 18.3 Å². The Morgan fingerprint density at radius 3 is 2.95 bits per heavy atom. The molecule has 1 atom stereocenters. The van der Waals surface area contributed by atoms with E-state index < -0.39 is 9.84 Å². The van der Waals surface area contributed by atoms with Gasteiger partial charge in [-0.2, -0.15) is 0 Å². The first-order valence-corrected chi connectivity index (χ1v) is 8.12. The molecule has 0 spiro atoms. The molecule has 2 rings (SSSR count). The fourth-order valence-electron chi connectivity index (χ4n) is 2.28. The summed E-state index contributed by atoms with van der Waals surface area (Å²) in [5.74, 6) is 1.04. The number of methoxy groups -OCH3 is 1. The van der Waals surface area contributed by atoms with Crippen molar-refractivity contribution >= 4 is 9.84 Å². The van der Waals surface area contributed by atoms with Crippen molar-refractivity contribution in [3.63, 3.8) is 0 Å². The molecule has 2 N–H and O–H groups in total. The second-order valence-electron chi connectivity index (χ2n) is 4.84. The van der Waals surface area contributed by atoms with Gasteiger partial charge in [0.1, 0.15) is 0 Å². The number of hydrogen-bond acceptors (Lipinski definition) is 5. The van der Waals surface area contributed by atoms with Gasteiger partial charge in [0.05, 0.1) is 18.6 Å². The quantitative estimate of drug-likeness (QED) is 0.865. The number of rotatable bonds is 4. The number of sulfone groups is 1. The van der Waals surface area contributed by atoms with E-state index in [0.29, 0.717) is 18.0 Å². The first kappa shape index (κ1) is 14.1. The summed E-state index contributed by atoms with van der Waals surface area (Å²) >= 11 is 0. The molecule has 6 heteroatoms. The van der Waals surface area contributed by atoms with E-state index in [1.165, 1.54) is 7.11 Å². The van der Waals surface area contributed by atoms with Crippen LogP contribution in [0.5, 0.6) is 11.5 Å². The van der Waals surface area contributed by atoms with Crippen molar-refractivity contribution in [1.29, 1.82) is 0 Å². The first-order valence-electron chi connectivity index (χ1n) is 6.30. The van der Waals surface area contributed by atoms with Gasteiger partial charge < -0.3 is 15.2 Å². The number of phenols is 1. The predicted molar refractivity (Wildman–Crippen MR) is 73.2 cm³/mol. The van der Waals surface area contributed by atoms with Gasteiger partial charge in [0.25, 0.3) is 0 Å². The van der Waals surface area contributed by atoms with Gasteiger partial charge in [-0.05, 0) is 30.5 Å². The van der Waals surface area contributed by atoms with E-state index in [4.69, 9.17) is 4.74 Å². The Bertz CT molecular complexity index is 542. The number of aromatic hydroxyl groups is 1. The lowest BCUT2D eigenvalue weighted by Crippen LogP contribution is -2.39. The Labute approximate surface area is 113 Å². The third-order valence-electron chi connectivity index (χ3n) is 3.30. The van der Waals surface area contributed by atoms with Gasteiger partial charge in [-0.3, -0.25) is 0 Å². The molecule has 1 aliphatic rings. The number of hydrogen-bond donors (Lipinski definition) is 2. The molecular weight excluding hydrogens is 266 g/mol. The maximum atomic E-state index is 11.5. The molecule has 0 radical (unpaired) electrons. The van der Waals surface area contributed by atoms with E-state index >= 15 is 0 Å². The van der Waals surface area contributed by atoms with E-state index in [2.05, 4.69) is 5.32 Å². The zero-order valence-corrected chi connectivity index (χ0v) is 11.7. The summed E-state index contributed by atoms with van der Waals surface area (Å²) in [6.07, 6.45) is 1.60. The largest absolute Gasteiger partial charge is 0.504 e. The Balaban J connectivity index is 1.95. The van der Waals surface area contributed by atoms with Crippen molar-refractivity contribution in [1.82, 2.24) is 5.32 Å². The summed E-state index contributed by atoms with van der Waals surface area (Å²) in [7, 11) is -1.38. The Morgan fingerprint density at radius 1 is 1.47 bits per heavy atom. The summed E-state index contributed by atoms with van der Waals surface area (Å²) in [5.41, 5.74) is 0.956. The number of phenolic OH excluding ortho intramolecular Hbond substituents is 1. The molecule has 1 saturated heterocycles. The Morgan fingerprint density at radius 2 is 2.26 bits per heavy atom. The molecule has 1 heterocycles. The highest BCUT2D eigenvalue weighted by Crippen LogP contribution is 2.26. The third-order valence-corrected chi connectivity index (χ3v) is 5.12. The normalized spacial score (nSPS) is 22.1. The van der Waals surface area contributed by atoms with Crippen LogP contribution in [-0.2, 0) is 16.4 Å². The predicted octanol–water partition coefficient (Wildman–Crippen LogP) is 1.07. The molecule has 0 bridgehead atoms. The molecule has 1 aliphatic heterocycles. The second kappa shape index (κ2) is 5.79. The maximum Gasteiger partial charge on any atom is 0.160 e. The van der Waals surface area contributed by atoms with E-state index in [1.54, 1.807) is 18.2 Å². The average molecular weight is 285 g/mol. The summed E-state index contributed by atoms with van der Waals surface area (Å²) in [5, 5.41) is 12.7. The number of benzene rings is 1. The van der Waals surface area contributed by atoms with Crippen molar-refractivity contribution in [2.24, 2.45) is 0 Å². The molecule has 0 saturated carbocycles. The van der Waals surface area contributed by atoms with Crippen LogP contribution in [0, 0.1) is 0 Å². The monoisotopic (exact) mass is 285 g/mol. The van der Waals surface area contributed by atoms with Crippen LogP contribution in [0.25, 0.3) is 0 Å². The van der Waals surface area contributed by atoms with Crippen LogP contribution < -0.4 is 10.1 Å². The molecular formula is C13H19NO4S. The SMILES string of the molecule is COc1cc(CNC2CCCS(=O)(=O)C2)ccc1O. The van der Waals surface area contributed by atoms with Crippen LogP contribution in [0.4, 0.5) is 0 Å². The van der Waals surface area contributed by atoms with Crippen molar-refractivity contribution in [3.8, 4) is 11.5 Å². The van der Waals surface area contributed by atoms with Gasteiger partial charge in [-0.1, -0.05) is 6.07 Å². The van der Waals surface area contributed by atoms with Gasteiger partial charge >= 0.3 is 0 Å². The lowest BCUT2D eigenvalue weighted by Gasteiger charge is -2.23. The molecule has 0 amide bonds. The highest BCUT2D eigenvalue weighted by Gasteiger charge is 2.24. The average Bonchev–Trinajstić information content (AvgIpc) is 2.36. The van der Waals surface area contributed by atoms with Crippen molar-refractivity contribution in [2.45, 2.75) is 25.4 Å². The number of nitrogens with one attached hydrogen (secondary N) is 1. The molecule has 5 nitrogen and oxygen atoms in total. The van der Waals surface area contributed by atoms with Gasteiger partial charge in [0.2, 0.25) is 0 Å². The molecule has 1 fully saturated rings. The standard InChI is InChI=1S/C13H19NO4S/c1-18-13-7-10(4-5-12(13)15)8-14-11-3-2-6-19(16,17)9-11/h4-5,7,11,14-15H,2-3,6,8-9H2,1H3.